The van der Waals surface area contributed by atoms with E-state index in [2.05, 4.69) is 4.98 Å². The van der Waals surface area contributed by atoms with Crippen LogP contribution in [-0.2, 0) is 6.42 Å². The largest absolute Gasteiger partial charge is 0.508 e. The Morgan fingerprint density at radius 2 is 1.88 bits per heavy atom. The molecule has 1 aromatic heterocycles. The van der Waals surface area contributed by atoms with Crippen LogP contribution >= 0.6 is 0 Å². The highest BCUT2D eigenvalue weighted by Crippen LogP contribution is 2.21. The molecule has 82 valence electrons. The molecular formula is C13H13NO2. The van der Waals surface area contributed by atoms with E-state index in [1.165, 1.54) is 0 Å². The lowest BCUT2D eigenvalue weighted by molar-refractivity contribution is 0.178. The van der Waals surface area contributed by atoms with Crippen molar-refractivity contribution >= 4 is 0 Å². The molecule has 3 heteroatoms. The Morgan fingerprint density at radius 3 is 2.56 bits per heavy atom. The van der Waals surface area contributed by atoms with Crippen LogP contribution in [0.3, 0.4) is 0 Å². The average Bonchev–Trinajstić information content (AvgIpc) is 2.30. The first-order chi connectivity index (χ1) is 7.75. The third-order valence-electron chi connectivity index (χ3n) is 2.43. The van der Waals surface area contributed by atoms with E-state index in [1.54, 1.807) is 36.7 Å². The Balaban J connectivity index is 2.12. The van der Waals surface area contributed by atoms with E-state index >= 15 is 0 Å². The number of hydrogen-bond acceptors (Lipinski definition) is 3. The van der Waals surface area contributed by atoms with E-state index in [1.807, 2.05) is 12.1 Å². The standard InChI is InChI=1S/C13H13NO2/c15-12-3-1-2-11(9-12)13(16)8-10-4-6-14-7-5-10/h1-7,9,13,15-16H,8H2. The van der Waals surface area contributed by atoms with Gasteiger partial charge in [0, 0.05) is 18.8 Å². The smallest absolute Gasteiger partial charge is 0.115 e. The highest BCUT2D eigenvalue weighted by molar-refractivity contribution is 5.29. The summed E-state index contributed by atoms with van der Waals surface area (Å²) in [6, 6.07) is 10.4. The summed E-state index contributed by atoms with van der Waals surface area (Å²) in [6.45, 7) is 0. The van der Waals surface area contributed by atoms with Crippen LogP contribution in [0.2, 0.25) is 0 Å². The number of rotatable bonds is 3. The minimum absolute atomic E-state index is 0.172. The predicted octanol–water partition coefficient (Wildman–Crippen LogP) is 2.06. The van der Waals surface area contributed by atoms with Crippen LogP contribution in [0.1, 0.15) is 17.2 Å². The third-order valence-corrected chi connectivity index (χ3v) is 2.43. The van der Waals surface area contributed by atoms with Crippen molar-refractivity contribution in [2.45, 2.75) is 12.5 Å². The van der Waals surface area contributed by atoms with Crippen LogP contribution in [-0.4, -0.2) is 15.2 Å². The number of aliphatic hydroxyl groups is 1. The lowest BCUT2D eigenvalue weighted by Crippen LogP contribution is -2.01. The second-order valence-electron chi connectivity index (χ2n) is 3.67. The molecule has 0 aliphatic rings. The maximum Gasteiger partial charge on any atom is 0.115 e. The number of aromatic hydroxyl groups is 1. The lowest BCUT2D eigenvalue weighted by Gasteiger charge is -2.11. The van der Waals surface area contributed by atoms with E-state index in [-0.39, 0.29) is 5.75 Å². The van der Waals surface area contributed by atoms with Crippen molar-refractivity contribution in [3.63, 3.8) is 0 Å². The summed E-state index contributed by atoms with van der Waals surface area (Å²) in [5.74, 6) is 0.172. The van der Waals surface area contributed by atoms with Gasteiger partial charge in [-0.05, 0) is 35.4 Å². The number of phenolic OH excluding ortho intramolecular Hbond substituents is 1. The molecule has 1 atom stereocenters. The van der Waals surface area contributed by atoms with E-state index in [0.717, 1.165) is 11.1 Å². The number of phenols is 1. The van der Waals surface area contributed by atoms with Crippen LogP contribution in [0.4, 0.5) is 0 Å². The van der Waals surface area contributed by atoms with Gasteiger partial charge in [-0.1, -0.05) is 12.1 Å². The Kier molecular flexibility index (Phi) is 3.17. The van der Waals surface area contributed by atoms with Crippen LogP contribution in [0.15, 0.2) is 48.8 Å². The van der Waals surface area contributed by atoms with E-state index in [4.69, 9.17) is 0 Å². The number of aliphatic hydroxyl groups excluding tert-OH is 1. The van der Waals surface area contributed by atoms with Crippen molar-refractivity contribution in [1.82, 2.24) is 4.98 Å². The number of nitrogens with zero attached hydrogens (tertiary/aromatic N) is 1. The van der Waals surface area contributed by atoms with E-state index in [0.29, 0.717) is 6.42 Å². The zero-order valence-corrected chi connectivity index (χ0v) is 8.74. The number of hydrogen-bond donors (Lipinski definition) is 2. The third kappa shape index (κ3) is 2.58. The second-order valence-corrected chi connectivity index (χ2v) is 3.67. The van der Waals surface area contributed by atoms with E-state index in [9.17, 15) is 10.2 Å². The predicted molar refractivity (Wildman–Crippen MR) is 61.0 cm³/mol. The summed E-state index contributed by atoms with van der Waals surface area (Å²) < 4.78 is 0. The zero-order chi connectivity index (χ0) is 11.4. The van der Waals surface area contributed by atoms with Gasteiger partial charge in [-0.2, -0.15) is 0 Å². The summed E-state index contributed by atoms with van der Waals surface area (Å²) in [5, 5.41) is 19.3. The molecule has 3 nitrogen and oxygen atoms in total. The van der Waals surface area contributed by atoms with Gasteiger partial charge >= 0.3 is 0 Å². The van der Waals surface area contributed by atoms with E-state index < -0.39 is 6.10 Å². The van der Waals surface area contributed by atoms with Gasteiger partial charge in [0.2, 0.25) is 0 Å². The summed E-state index contributed by atoms with van der Waals surface area (Å²) in [7, 11) is 0. The second kappa shape index (κ2) is 4.77. The topological polar surface area (TPSA) is 53.4 Å². The van der Waals surface area contributed by atoms with Gasteiger partial charge in [0.05, 0.1) is 6.10 Å². The van der Waals surface area contributed by atoms with Gasteiger partial charge in [0.1, 0.15) is 5.75 Å². The molecule has 0 amide bonds. The quantitative estimate of drug-likeness (QED) is 0.824. The Hall–Kier alpha value is -1.87. The maximum atomic E-state index is 9.97. The summed E-state index contributed by atoms with van der Waals surface area (Å²) in [5.41, 5.74) is 1.74. The first kappa shape index (κ1) is 10.6. The van der Waals surface area contributed by atoms with Crippen molar-refractivity contribution < 1.29 is 10.2 Å². The van der Waals surface area contributed by atoms with Gasteiger partial charge in [-0.25, -0.2) is 0 Å². The molecule has 0 fully saturated rings. The average molecular weight is 215 g/mol. The highest BCUT2D eigenvalue weighted by atomic mass is 16.3. The number of pyridine rings is 1. The monoisotopic (exact) mass is 215 g/mol. The fourth-order valence-electron chi connectivity index (χ4n) is 1.59. The van der Waals surface area contributed by atoms with Gasteiger partial charge in [-0.15, -0.1) is 0 Å². The Labute approximate surface area is 94.0 Å². The molecule has 1 unspecified atom stereocenters. The SMILES string of the molecule is Oc1cccc(C(O)Cc2ccncc2)c1. The van der Waals surface area contributed by atoms with Crippen LogP contribution in [0.5, 0.6) is 5.75 Å². The molecule has 0 saturated carbocycles. The molecular weight excluding hydrogens is 202 g/mol. The Bertz CT molecular complexity index is 456. The molecule has 0 bridgehead atoms. The van der Waals surface area contributed by atoms with Gasteiger partial charge in [-0.3, -0.25) is 4.98 Å². The van der Waals surface area contributed by atoms with Crippen LogP contribution in [0, 0.1) is 0 Å². The first-order valence-corrected chi connectivity index (χ1v) is 5.11. The van der Waals surface area contributed by atoms with Crippen LogP contribution < -0.4 is 0 Å². The lowest BCUT2D eigenvalue weighted by atomic mass is 10.0. The highest BCUT2D eigenvalue weighted by Gasteiger charge is 2.08. The molecule has 0 aliphatic heterocycles. The van der Waals surface area contributed by atoms with Gasteiger partial charge < -0.3 is 10.2 Å². The molecule has 1 aromatic carbocycles. The number of benzene rings is 1. The molecule has 2 N–H and O–H groups in total. The van der Waals surface area contributed by atoms with Gasteiger partial charge in [0.15, 0.2) is 0 Å². The van der Waals surface area contributed by atoms with Crippen LogP contribution in [0.25, 0.3) is 0 Å². The molecule has 2 rings (SSSR count). The summed E-state index contributed by atoms with van der Waals surface area (Å²) in [6.07, 6.45) is 3.32. The summed E-state index contributed by atoms with van der Waals surface area (Å²) in [4.78, 5) is 3.92. The zero-order valence-electron chi connectivity index (χ0n) is 8.74. The minimum Gasteiger partial charge on any atom is -0.508 e. The molecule has 16 heavy (non-hydrogen) atoms. The Morgan fingerprint density at radius 1 is 1.12 bits per heavy atom. The molecule has 0 spiro atoms. The molecule has 1 heterocycles. The van der Waals surface area contributed by atoms with Crippen molar-refractivity contribution in [2.75, 3.05) is 0 Å². The normalized spacial score (nSPS) is 12.3. The van der Waals surface area contributed by atoms with Gasteiger partial charge in [0.25, 0.3) is 0 Å². The minimum atomic E-state index is -0.602. The van der Waals surface area contributed by atoms with Crippen molar-refractivity contribution in [3.8, 4) is 5.75 Å². The van der Waals surface area contributed by atoms with Crippen molar-refractivity contribution in [2.24, 2.45) is 0 Å². The molecule has 0 radical (unpaired) electrons. The molecule has 0 saturated heterocycles. The fourth-order valence-corrected chi connectivity index (χ4v) is 1.59. The summed E-state index contributed by atoms with van der Waals surface area (Å²) >= 11 is 0. The molecule has 0 aliphatic carbocycles. The maximum absolute atomic E-state index is 9.97. The number of aromatic nitrogens is 1. The molecule has 2 aromatic rings. The first-order valence-electron chi connectivity index (χ1n) is 5.11. The fraction of sp³-hybridized carbons (Fsp3) is 0.154. The van der Waals surface area contributed by atoms with Crippen molar-refractivity contribution in [3.05, 3.63) is 59.9 Å². The van der Waals surface area contributed by atoms with Crippen molar-refractivity contribution in [1.29, 1.82) is 0 Å².